The topological polar surface area (TPSA) is 47.6 Å². The van der Waals surface area contributed by atoms with Gasteiger partial charge in [-0.3, -0.25) is 4.79 Å². The lowest BCUT2D eigenvalue weighted by Gasteiger charge is -2.06. The third kappa shape index (κ3) is 4.53. The van der Waals surface area contributed by atoms with E-state index in [0.29, 0.717) is 22.2 Å². The summed E-state index contributed by atoms with van der Waals surface area (Å²) in [6, 6.07) is 12.3. The molecule has 0 atom stereocenters. The summed E-state index contributed by atoms with van der Waals surface area (Å²) >= 11 is 5.80. The molecule has 0 fully saturated rings. The van der Waals surface area contributed by atoms with E-state index >= 15 is 0 Å². The molecule has 0 aliphatic carbocycles. The lowest BCUT2D eigenvalue weighted by Crippen LogP contribution is -2.07. The van der Waals surface area contributed by atoms with Gasteiger partial charge in [-0.05, 0) is 48.0 Å². The number of amides is 1. The zero-order valence-electron chi connectivity index (χ0n) is 12.3. The van der Waals surface area contributed by atoms with Gasteiger partial charge in [0.2, 0.25) is 5.91 Å². The average Bonchev–Trinajstić information content (AvgIpc) is 2.54. The Hall–Kier alpha value is -2.46. The maximum absolute atomic E-state index is 11.9. The molecule has 1 amide bonds. The fourth-order valence-corrected chi connectivity index (χ4v) is 1.94. The van der Waals surface area contributed by atoms with Crippen LogP contribution >= 0.6 is 11.6 Å². The number of hydrogen-bond acceptors (Lipinski definition) is 3. The number of halogens is 1. The Balaban J connectivity index is 2.07. The van der Waals surface area contributed by atoms with Crippen LogP contribution in [0, 0.1) is 0 Å². The smallest absolute Gasteiger partial charge is 0.248 e. The molecule has 0 spiro atoms. The second-order valence-corrected chi connectivity index (χ2v) is 4.91. The number of rotatable bonds is 5. The zero-order valence-corrected chi connectivity index (χ0v) is 13.1. The van der Waals surface area contributed by atoms with Crippen molar-refractivity contribution in [2.75, 3.05) is 19.5 Å². The lowest BCUT2D eigenvalue weighted by atomic mass is 10.2. The van der Waals surface area contributed by atoms with Crippen molar-refractivity contribution in [3.63, 3.8) is 0 Å². The molecule has 4 nitrogen and oxygen atoms in total. The van der Waals surface area contributed by atoms with Crippen LogP contribution in [0.5, 0.6) is 11.5 Å². The van der Waals surface area contributed by atoms with Crippen molar-refractivity contribution in [2.24, 2.45) is 0 Å². The van der Waals surface area contributed by atoms with Crippen molar-refractivity contribution in [3.8, 4) is 11.5 Å². The van der Waals surface area contributed by atoms with Gasteiger partial charge in [0.05, 0.1) is 14.2 Å². The van der Waals surface area contributed by atoms with Crippen LogP contribution in [0.2, 0.25) is 5.02 Å². The van der Waals surface area contributed by atoms with E-state index in [1.165, 1.54) is 6.08 Å². The van der Waals surface area contributed by atoms with Crippen molar-refractivity contribution >= 4 is 29.3 Å². The third-order valence-corrected chi connectivity index (χ3v) is 3.16. The minimum Gasteiger partial charge on any atom is -0.497 e. The van der Waals surface area contributed by atoms with Crippen molar-refractivity contribution in [2.45, 2.75) is 0 Å². The molecule has 2 aromatic carbocycles. The molecule has 0 aliphatic heterocycles. The molecule has 1 N–H and O–H groups in total. The molecule has 2 aromatic rings. The second-order valence-electron chi connectivity index (χ2n) is 4.48. The highest BCUT2D eigenvalue weighted by atomic mass is 35.5. The van der Waals surface area contributed by atoms with Gasteiger partial charge in [0.25, 0.3) is 0 Å². The number of nitrogens with one attached hydrogen (secondary N) is 1. The molecule has 22 heavy (non-hydrogen) atoms. The van der Waals surface area contributed by atoms with Crippen LogP contribution in [-0.4, -0.2) is 20.1 Å². The van der Waals surface area contributed by atoms with E-state index in [0.717, 1.165) is 5.56 Å². The summed E-state index contributed by atoms with van der Waals surface area (Å²) in [4.78, 5) is 11.9. The Bertz CT molecular complexity index is 659. The van der Waals surface area contributed by atoms with Crippen LogP contribution in [-0.2, 0) is 4.79 Å². The summed E-state index contributed by atoms with van der Waals surface area (Å²) in [6.45, 7) is 0. The van der Waals surface area contributed by atoms with Crippen LogP contribution in [0.1, 0.15) is 5.56 Å². The maximum atomic E-state index is 11.9. The monoisotopic (exact) mass is 317 g/mol. The largest absolute Gasteiger partial charge is 0.497 e. The lowest BCUT2D eigenvalue weighted by molar-refractivity contribution is -0.111. The van der Waals surface area contributed by atoms with Crippen molar-refractivity contribution in [1.29, 1.82) is 0 Å². The van der Waals surface area contributed by atoms with E-state index in [4.69, 9.17) is 21.1 Å². The second kappa shape index (κ2) is 7.52. The van der Waals surface area contributed by atoms with E-state index in [2.05, 4.69) is 5.32 Å². The van der Waals surface area contributed by atoms with Gasteiger partial charge in [-0.25, -0.2) is 0 Å². The highest BCUT2D eigenvalue weighted by Gasteiger charge is 2.01. The predicted octanol–water partition coefficient (Wildman–Crippen LogP) is 4.01. The first-order chi connectivity index (χ1) is 10.6. The Kier molecular flexibility index (Phi) is 5.44. The molecular weight excluding hydrogens is 302 g/mol. The van der Waals surface area contributed by atoms with Crippen molar-refractivity contribution < 1.29 is 14.3 Å². The van der Waals surface area contributed by atoms with E-state index in [1.54, 1.807) is 50.6 Å². The first-order valence-corrected chi connectivity index (χ1v) is 6.96. The normalized spacial score (nSPS) is 10.5. The Labute approximate surface area is 134 Å². The van der Waals surface area contributed by atoms with Gasteiger partial charge in [0.15, 0.2) is 0 Å². The van der Waals surface area contributed by atoms with Gasteiger partial charge >= 0.3 is 0 Å². The summed E-state index contributed by atoms with van der Waals surface area (Å²) in [5, 5.41) is 3.37. The first-order valence-electron chi connectivity index (χ1n) is 6.58. The summed E-state index contributed by atoms with van der Waals surface area (Å²) in [7, 11) is 3.16. The molecule has 2 rings (SSSR count). The summed E-state index contributed by atoms with van der Waals surface area (Å²) in [6.07, 6.45) is 3.14. The van der Waals surface area contributed by atoms with Crippen LogP contribution in [0.4, 0.5) is 5.69 Å². The fraction of sp³-hybridized carbons (Fsp3) is 0.118. The van der Waals surface area contributed by atoms with E-state index in [1.807, 2.05) is 12.1 Å². The minimum absolute atomic E-state index is 0.232. The fourth-order valence-electron chi connectivity index (χ4n) is 1.81. The highest BCUT2D eigenvalue weighted by Crippen LogP contribution is 2.23. The van der Waals surface area contributed by atoms with E-state index in [-0.39, 0.29) is 5.91 Å². The van der Waals surface area contributed by atoms with Gasteiger partial charge in [-0.1, -0.05) is 11.6 Å². The first kappa shape index (κ1) is 15.9. The van der Waals surface area contributed by atoms with Crippen LogP contribution < -0.4 is 14.8 Å². The molecule has 5 heteroatoms. The Morgan fingerprint density at radius 3 is 2.18 bits per heavy atom. The highest BCUT2D eigenvalue weighted by molar-refractivity contribution is 6.30. The summed E-state index contributed by atoms with van der Waals surface area (Å²) in [5.74, 6) is 1.10. The number of anilines is 1. The minimum atomic E-state index is -0.232. The molecule has 0 bridgehead atoms. The van der Waals surface area contributed by atoms with Crippen LogP contribution in [0.3, 0.4) is 0 Å². The van der Waals surface area contributed by atoms with Gasteiger partial charge in [-0.2, -0.15) is 0 Å². The molecule has 114 valence electrons. The van der Waals surface area contributed by atoms with Gasteiger partial charge in [0.1, 0.15) is 11.5 Å². The SMILES string of the molecule is COc1cc(/C=C/C(=O)Nc2ccc(Cl)cc2)cc(OC)c1. The number of benzene rings is 2. The molecule has 0 radical (unpaired) electrons. The van der Waals surface area contributed by atoms with Crippen LogP contribution in [0.15, 0.2) is 48.5 Å². The number of carbonyl (C=O) groups is 1. The number of ether oxygens (including phenoxy) is 2. The molecular formula is C17H16ClNO3. The third-order valence-electron chi connectivity index (χ3n) is 2.91. The maximum Gasteiger partial charge on any atom is 0.248 e. The van der Waals surface area contributed by atoms with E-state index < -0.39 is 0 Å². The molecule has 0 heterocycles. The number of hydrogen-bond donors (Lipinski definition) is 1. The number of carbonyl (C=O) groups excluding carboxylic acids is 1. The quantitative estimate of drug-likeness (QED) is 0.848. The Morgan fingerprint density at radius 2 is 1.64 bits per heavy atom. The van der Waals surface area contributed by atoms with Gasteiger partial charge < -0.3 is 14.8 Å². The van der Waals surface area contributed by atoms with Gasteiger partial charge in [0, 0.05) is 22.9 Å². The standard InChI is InChI=1S/C17H16ClNO3/c1-21-15-9-12(10-16(11-15)22-2)3-8-17(20)19-14-6-4-13(18)5-7-14/h3-11H,1-2H3,(H,19,20)/b8-3+. The molecule has 0 aliphatic rings. The predicted molar refractivity (Wildman–Crippen MR) is 88.7 cm³/mol. The Morgan fingerprint density at radius 1 is 1.05 bits per heavy atom. The molecule has 0 aromatic heterocycles. The molecule has 0 unspecified atom stereocenters. The molecule has 0 saturated heterocycles. The summed E-state index contributed by atoms with van der Waals surface area (Å²) in [5.41, 5.74) is 1.49. The van der Waals surface area contributed by atoms with Crippen molar-refractivity contribution in [3.05, 3.63) is 59.1 Å². The number of methoxy groups -OCH3 is 2. The average molecular weight is 318 g/mol. The summed E-state index contributed by atoms with van der Waals surface area (Å²) < 4.78 is 10.4. The zero-order chi connectivity index (χ0) is 15.9. The van der Waals surface area contributed by atoms with E-state index in [9.17, 15) is 4.79 Å². The van der Waals surface area contributed by atoms with Crippen molar-refractivity contribution in [1.82, 2.24) is 0 Å². The van der Waals surface area contributed by atoms with Gasteiger partial charge in [-0.15, -0.1) is 0 Å². The molecule has 0 saturated carbocycles. The van der Waals surface area contributed by atoms with Crippen LogP contribution in [0.25, 0.3) is 6.08 Å².